The molecule has 102 valence electrons. The standard InChI is InChI=1S/C13H19Cl2NO2/c1-3-18-13-11(5-9(14)6-12(13)15)8(2)4-10(17)7-16/h5-6,8,10,17H,3-4,7,16H2,1-2H3. The average Bonchev–Trinajstić information content (AvgIpc) is 2.32. The fourth-order valence-corrected chi connectivity index (χ4v) is 2.44. The summed E-state index contributed by atoms with van der Waals surface area (Å²) < 4.78 is 5.56. The lowest BCUT2D eigenvalue weighted by molar-refractivity contribution is 0.164. The van der Waals surface area contributed by atoms with E-state index in [9.17, 15) is 5.11 Å². The largest absolute Gasteiger partial charge is 0.492 e. The highest BCUT2D eigenvalue weighted by molar-refractivity contribution is 6.35. The number of halogens is 2. The van der Waals surface area contributed by atoms with Gasteiger partial charge >= 0.3 is 0 Å². The van der Waals surface area contributed by atoms with E-state index >= 15 is 0 Å². The van der Waals surface area contributed by atoms with E-state index in [1.54, 1.807) is 6.07 Å². The number of aliphatic hydroxyl groups is 1. The Kier molecular flexibility index (Phi) is 6.22. The summed E-state index contributed by atoms with van der Waals surface area (Å²) in [4.78, 5) is 0. The predicted octanol–water partition coefficient (Wildman–Crippen LogP) is 3.21. The van der Waals surface area contributed by atoms with Crippen LogP contribution in [-0.4, -0.2) is 24.4 Å². The van der Waals surface area contributed by atoms with Gasteiger partial charge in [0.05, 0.1) is 17.7 Å². The highest BCUT2D eigenvalue weighted by Crippen LogP contribution is 2.38. The van der Waals surface area contributed by atoms with Crippen LogP contribution in [0.4, 0.5) is 0 Å². The van der Waals surface area contributed by atoms with E-state index in [0.29, 0.717) is 28.8 Å². The molecule has 0 aliphatic rings. The molecule has 0 heterocycles. The Morgan fingerprint density at radius 2 is 2.06 bits per heavy atom. The van der Waals surface area contributed by atoms with E-state index in [1.807, 2.05) is 19.9 Å². The van der Waals surface area contributed by atoms with Crippen LogP contribution in [0.5, 0.6) is 5.75 Å². The SMILES string of the molecule is CCOc1c(Cl)cc(Cl)cc1C(C)CC(O)CN. The van der Waals surface area contributed by atoms with Crippen molar-refractivity contribution in [3.05, 3.63) is 27.7 Å². The molecule has 18 heavy (non-hydrogen) atoms. The minimum atomic E-state index is -0.535. The summed E-state index contributed by atoms with van der Waals surface area (Å²) in [5, 5.41) is 10.7. The van der Waals surface area contributed by atoms with Crippen molar-refractivity contribution in [2.24, 2.45) is 5.73 Å². The Bertz CT molecular complexity index is 399. The van der Waals surface area contributed by atoms with Crippen molar-refractivity contribution < 1.29 is 9.84 Å². The zero-order valence-corrected chi connectivity index (χ0v) is 12.1. The van der Waals surface area contributed by atoms with Crippen molar-refractivity contribution in [1.82, 2.24) is 0 Å². The van der Waals surface area contributed by atoms with Crippen LogP contribution in [0.2, 0.25) is 10.0 Å². The van der Waals surface area contributed by atoms with Crippen molar-refractivity contribution in [1.29, 1.82) is 0 Å². The Morgan fingerprint density at radius 1 is 1.39 bits per heavy atom. The lowest BCUT2D eigenvalue weighted by Gasteiger charge is -2.20. The first-order chi connectivity index (χ1) is 8.49. The first-order valence-corrected chi connectivity index (χ1v) is 6.75. The second-order valence-corrected chi connectivity index (χ2v) is 5.11. The van der Waals surface area contributed by atoms with Gasteiger partial charge in [-0.1, -0.05) is 30.1 Å². The molecule has 0 aliphatic heterocycles. The molecule has 0 amide bonds. The van der Waals surface area contributed by atoms with Crippen molar-refractivity contribution in [2.75, 3.05) is 13.2 Å². The van der Waals surface area contributed by atoms with E-state index in [0.717, 1.165) is 5.56 Å². The molecule has 3 nitrogen and oxygen atoms in total. The topological polar surface area (TPSA) is 55.5 Å². The van der Waals surface area contributed by atoms with Crippen LogP contribution in [0.3, 0.4) is 0 Å². The molecule has 1 aromatic rings. The van der Waals surface area contributed by atoms with E-state index in [4.69, 9.17) is 33.7 Å². The summed E-state index contributed by atoms with van der Waals surface area (Å²) in [6, 6.07) is 3.48. The number of rotatable bonds is 6. The quantitative estimate of drug-likeness (QED) is 0.846. The predicted molar refractivity (Wildman–Crippen MR) is 75.7 cm³/mol. The van der Waals surface area contributed by atoms with Gasteiger partial charge < -0.3 is 15.6 Å². The van der Waals surface area contributed by atoms with Crippen LogP contribution >= 0.6 is 23.2 Å². The van der Waals surface area contributed by atoms with Crippen LogP contribution in [0, 0.1) is 0 Å². The maximum absolute atomic E-state index is 9.62. The normalized spacial score (nSPS) is 14.3. The Labute approximate surface area is 118 Å². The molecule has 0 fully saturated rings. The molecule has 0 radical (unpaired) electrons. The maximum atomic E-state index is 9.62. The van der Waals surface area contributed by atoms with E-state index in [-0.39, 0.29) is 12.5 Å². The van der Waals surface area contributed by atoms with Gasteiger partial charge in [-0.15, -0.1) is 0 Å². The van der Waals surface area contributed by atoms with Gasteiger partial charge in [-0.3, -0.25) is 0 Å². The Hall–Kier alpha value is -0.480. The van der Waals surface area contributed by atoms with Gasteiger partial charge in [0.15, 0.2) is 0 Å². The smallest absolute Gasteiger partial charge is 0.141 e. The van der Waals surface area contributed by atoms with Gasteiger partial charge in [-0.2, -0.15) is 0 Å². The zero-order chi connectivity index (χ0) is 13.7. The van der Waals surface area contributed by atoms with E-state index in [2.05, 4.69) is 0 Å². The number of ether oxygens (including phenoxy) is 1. The molecule has 0 saturated heterocycles. The van der Waals surface area contributed by atoms with Gasteiger partial charge in [0.2, 0.25) is 0 Å². The highest BCUT2D eigenvalue weighted by atomic mass is 35.5. The third kappa shape index (κ3) is 4.02. The third-order valence-electron chi connectivity index (χ3n) is 2.75. The number of aliphatic hydroxyl groups excluding tert-OH is 1. The second-order valence-electron chi connectivity index (χ2n) is 4.27. The summed E-state index contributed by atoms with van der Waals surface area (Å²) >= 11 is 12.1. The first-order valence-electron chi connectivity index (χ1n) is 5.99. The van der Waals surface area contributed by atoms with Crippen molar-refractivity contribution in [2.45, 2.75) is 32.3 Å². The molecular weight excluding hydrogens is 273 g/mol. The molecule has 1 aromatic carbocycles. The summed E-state index contributed by atoms with van der Waals surface area (Å²) in [7, 11) is 0. The van der Waals surface area contributed by atoms with Gasteiger partial charge in [-0.25, -0.2) is 0 Å². The van der Waals surface area contributed by atoms with Crippen LogP contribution in [0.1, 0.15) is 31.7 Å². The summed E-state index contributed by atoms with van der Waals surface area (Å²) in [5.74, 6) is 0.710. The minimum absolute atomic E-state index is 0.0706. The van der Waals surface area contributed by atoms with Crippen LogP contribution in [0.25, 0.3) is 0 Å². The highest BCUT2D eigenvalue weighted by Gasteiger charge is 2.18. The monoisotopic (exact) mass is 291 g/mol. The fourth-order valence-electron chi connectivity index (χ4n) is 1.87. The third-order valence-corrected chi connectivity index (χ3v) is 3.25. The molecule has 1 rings (SSSR count). The molecular formula is C13H19Cl2NO2. The average molecular weight is 292 g/mol. The van der Waals surface area contributed by atoms with Gasteiger partial charge in [0, 0.05) is 17.1 Å². The molecule has 0 spiro atoms. The van der Waals surface area contributed by atoms with Crippen LogP contribution in [0.15, 0.2) is 12.1 Å². The molecule has 5 heteroatoms. The summed E-state index contributed by atoms with van der Waals surface area (Å²) in [5.41, 5.74) is 6.33. The maximum Gasteiger partial charge on any atom is 0.141 e. The van der Waals surface area contributed by atoms with Crippen molar-refractivity contribution in [3.63, 3.8) is 0 Å². The molecule has 2 unspecified atom stereocenters. The van der Waals surface area contributed by atoms with E-state index < -0.39 is 6.10 Å². The lowest BCUT2D eigenvalue weighted by atomic mass is 9.94. The minimum Gasteiger partial charge on any atom is -0.492 e. The van der Waals surface area contributed by atoms with Crippen molar-refractivity contribution in [3.8, 4) is 5.75 Å². The molecule has 0 aliphatic carbocycles. The van der Waals surface area contributed by atoms with Crippen molar-refractivity contribution >= 4 is 23.2 Å². The molecule has 0 aromatic heterocycles. The summed E-state index contributed by atoms with van der Waals surface area (Å²) in [6.07, 6.45) is 0.0139. The number of hydrogen-bond donors (Lipinski definition) is 2. The first kappa shape index (κ1) is 15.6. The fraction of sp³-hybridized carbons (Fsp3) is 0.538. The second kappa shape index (κ2) is 7.19. The van der Waals surface area contributed by atoms with Gasteiger partial charge in [0.25, 0.3) is 0 Å². The van der Waals surface area contributed by atoms with Crippen LogP contribution in [-0.2, 0) is 0 Å². The Balaban J connectivity index is 3.04. The molecule has 0 saturated carbocycles. The number of hydrogen-bond acceptors (Lipinski definition) is 3. The summed E-state index contributed by atoms with van der Waals surface area (Å²) in [6.45, 7) is 4.65. The molecule has 2 atom stereocenters. The molecule has 0 bridgehead atoms. The number of benzene rings is 1. The van der Waals surface area contributed by atoms with Gasteiger partial charge in [-0.05, 0) is 31.4 Å². The molecule has 3 N–H and O–H groups in total. The lowest BCUT2D eigenvalue weighted by Crippen LogP contribution is -2.21. The van der Waals surface area contributed by atoms with E-state index in [1.165, 1.54) is 0 Å². The van der Waals surface area contributed by atoms with Crippen LogP contribution < -0.4 is 10.5 Å². The van der Waals surface area contributed by atoms with Gasteiger partial charge in [0.1, 0.15) is 5.75 Å². The number of nitrogens with two attached hydrogens (primary N) is 1. The zero-order valence-electron chi connectivity index (χ0n) is 10.6. The Morgan fingerprint density at radius 3 is 2.61 bits per heavy atom.